The molecule has 4 rings (SSSR count). The van der Waals surface area contributed by atoms with Gasteiger partial charge >= 0.3 is 5.76 Å². The van der Waals surface area contributed by atoms with Gasteiger partial charge in [-0.3, -0.25) is 9.36 Å². The van der Waals surface area contributed by atoms with E-state index in [1.807, 2.05) is 6.07 Å². The minimum Gasteiger partial charge on any atom is -0.408 e. The molecular weight excluding hydrogens is 368 g/mol. The van der Waals surface area contributed by atoms with Gasteiger partial charge in [0.25, 0.3) is 0 Å². The van der Waals surface area contributed by atoms with Crippen LogP contribution in [0.5, 0.6) is 0 Å². The SMILES string of the molecule is Cn1c(=O)oc2cc(S(=O)(=O)N3CCCC3C(=O)c3ccccc3)ccc21. The molecule has 0 aliphatic carbocycles. The van der Waals surface area contributed by atoms with Crippen LogP contribution in [0.3, 0.4) is 0 Å². The lowest BCUT2D eigenvalue weighted by Crippen LogP contribution is -2.40. The minimum absolute atomic E-state index is 0.0112. The van der Waals surface area contributed by atoms with Crippen LogP contribution < -0.4 is 5.76 Å². The van der Waals surface area contributed by atoms with Crippen LogP contribution in [0, 0.1) is 0 Å². The fourth-order valence-electron chi connectivity index (χ4n) is 3.49. The molecule has 0 bridgehead atoms. The standard InChI is InChI=1S/C19H18N2O5S/c1-20-15-10-9-14(12-17(15)26-19(20)23)27(24,25)21-11-5-8-16(21)18(22)13-6-3-2-4-7-13/h2-4,6-7,9-10,12,16H,5,8,11H2,1H3. The van der Waals surface area contributed by atoms with E-state index in [0.29, 0.717) is 23.9 Å². The molecule has 3 aromatic rings. The summed E-state index contributed by atoms with van der Waals surface area (Å²) in [6.45, 7) is 0.280. The lowest BCUT2D eigenvalue weighted by atomic mass is 10.0. The number of Topliss-reactive ketones (excluding diaryl/α,β-unsaturated/α-hetero) is 1. The van der Waals surface area contributed by atoms with Gasteiger partial charge in [-0.1, -0.05) is 30.3 Å². The van der Waals surface area contributed by atoms with Crippen molar-refractivity contribution < 1.29 is 17.6 Å². The van der Waals surface area contributed by atoms with Crippen LogP contribution in [-0.2, 0) is 17.1 Å². The Labute approximate surface area is 155 Å². The van der Waals surface area contributed by atoms with Crippen LogP contribution in [0.4, 0.5) is 0 Å². The largest absolute Gasteiger partial charge is 0.419 e. The Morgan fingerprint density at radius 1 is 1.15 bits per heavy atom. The monoisotopic (exact) mass is 386 g/mol. The molecule has 1 saturated heterocycles. The molecule has 0 N–H and O–H groups in total. The zero-order valence-electron chi connectivity index (χ0n) is 14.7. The Morgan fingerprint density at radius 3 is 2.63 bits per heavy atom. The first-order valence-corrected chi connectivity index (χ1v) is 10.0. The summed E-state index contributed by atoms with van der Waals surface area (Å²) in [5.74, 6) is -0.762. The van der Waals surface area contributed by atoms with Crippen molar-refractivity contribution in [1.82, 2.24) is 8.87 Å². The van der Waals surface area contributed by atoms with Gasteiger partial charge in [-0.05, 0) is 25.0 Å². The summed E-state index contributed by atoms with van der Waals surface area (Å²) in [7, 11) is -2.34. The molecule has 0 spiro atoms. The molecule has 0 radical (unpaired) electrons. The van der Waals surface area contributed by atoms with Crippen molar-refractivity contribution >= 4 is 26.9 Å². The lowest BCUT2D eigenvalue weighted by molar-refractivity contribution is 0.0918. The molecule has 2 aromatic carbocycles. The van der Waals surface area contributed by atoms with Crippen LogP contribution >= 0.6 is 0 Å². The van der Waals surface area contributed by atoms with Gasteiger partial charge in [0.2, 0.25) is 10.0 Å². The molecule has 140 valence electrons. The number of carbonyl (C=O) groups excluding carboxylic acids is 1. The molecule has 1 aromatic heterocycles. The number of rotatable bonds is 4. The second-order valence-electron chi connectivity index (χ2n) is 6.56. The fraction of sp³-hybridized carbons (Fsp3) is 0.263. The van der Waals surface area contributed by atoms with E-state index >= 15 is 0 Å². The molecule has 27 heavy (non-hydrogen) atoms. The molecule has 1 fully saturated rings. The second-order valence-corrected chi connectivity index (χ2v) is 8.45. The third-order valence-corrected chi connectivity index (χ3v) is 6.84. The number of benzene rings is 2. The van der Waals surface area contributed by atoms with Crippen molar-refractivity contribution in [3.63, 3.8) is 0 Å². The van der Waals surface area contributed by atoms with Crippen LogP contribution in [0.2, 0.25) is 0 Å². The Hall–Kier alpha value is -2.71. The first-order chi connectivity index (χ1) is 12.9. The van der Waals surface area contributed by atoms with Crippen molar-refractivity contribution in [2.75, 3.05) is 6.54 Å². The number of hydrogen-bond donors (Lipinski definition) is 0. The molecule has 2 heterocycles. The van der Waals surface area contributed by atoms with E-state index in [9.17, 15) is 18.0 Å². The number of nitrogens with zero attached hydrogens (tertiary/aromatic N) is 2. The molecule has 1 atom stereocenters. The summed E-state index contributed by atoms with van der Waals surface area (Å²) in [4.78, 5) is 24.5. The Bertz CT molecular complexity index is 1180. The van der Waals surface area contributed by atoms with Gasteiger partial charge in [0.15, 0.2) is 11.4 Å². The topological polar surface area (TPSA) is 89.6 Å². The fourth-order valence-corrected chi connectivity index (χ4v) is 5.17. The van der Waals surface area contributed by atoms with Crippen molar-refractivity contribution in [1.29, 1.82) is 0 Å². The van der Waals surface area contributed by atoms with Gasteiger partial charge in [0.05, 0.1) is 16.5 Å². The highest BCUT2D eigenvalue weighted by Gasteiger charge is 2.39. The highest BCUT2D eigenvalue weighted by atomic mass is 32.2. The molecular formula is C19H18N2O5S. The van der Waals surface area contributed by atoms with Crippen LogP contribution in [0.25, 0.3) is 11.1 Å². The molecule has 0 saturated carbocycles. The molecule has 8 heteroatoms. The van der Waals surface area contributed by atoms with Gasteiger partial charge in [-0.2, -0.15) is 4.31 Å². The van der Waals surface area contributed by atoms with E-state index in [1.54, 1.807) is 31.3 Å². The number of fused-ring (bicyclic) bond motifs is 1. The number of sulfonamides is 1. The maximum Gasteiger partial charge on any atom is 0.419 e. The predicted octanol–water partition coefficient (Wildman–Crippen LogP) is 2.17. The summed E-state index contributed by atoms with van der Waals surface area (Å²) < 4.78 is 34.0. The zero-order valence-corrected chi connectivity index (χ0v) is 15.5. The van der Waals surface area contributed by atoms with Crippen molar-refractivity contribution in [2.24, 2.45) is 7.05 Å². The molecule has 7 nitrogen and oxygen atoms in total. The first-order valence-electron chi connectivity index (χ1n) is 8.60. The van der Waals surface area contributed by atoms with Crippen molar-refractivity contribution in [3.05, 3.63) is 64.6 Å². The third-order valence-electron chi connectivity index (χ3n) is 4.93. The Morgan fingerprint density at radius 2 is 1.89 bits per heavy atom. The number of oxazole rings is 1. The average molecular weight is 386 g/mol. The van der Waals surface area contributed by atoms with E-state index in [-0.39, 0.29) is 22.8 Å². The highest BCUT2D eigenvalue weighted by Crippen LogP contribution is 2.29. The van der Waals surface area contributed by atoms with E-state index < -0.39 is 21.8 Å². The first kappa shape index (κ1) is 17.7. The van der Waals surface area contributed by atoms with Crippen LogP contribution in [0.1, 0.15) is 23.2 Å². The van der Waals surface area contributed by atoms with E-state index in [2.05, 4.69) is 0 Å². The maximum absolute atomic E-state index is 13.2. The number of carbonyl (C=O) groups is 1. The normalized spacial score (nSPS) is 18.2. The Kier molecular flexibility index (Phi) is 4.24. The number of ketones is 1. The average Bonchev–Trinajstić information content (AvgIpc) is 3.27. The lowest BCUT2D eigenvalue weighted by Gasteiger charge is -2.23. The Balaban J connectivity index is 1.72. The van der Waals surface area contributed by atoms with E-state index in [4.69, 9.17) is 4.42 Å². The molecule has 0 amide bonds. The zero-order chi connectivity index (χ0) is 19.2. The molecule has 1 aliphatic rings. The van der Waals surface area contributed by atoms with Gasteiger partial charge in [0.1, 0.15) is 0 Å². The highest BCUT2D eigenvalue weighted by molar-refractivity contribution is 7.89. The number of aryl methyl sites for hydroxylation is 1. The summed E-state index contributed by atoms with van der Waals surface area (Å²) >= 11 is 0. The van der Waals surface area contributed by atoms with Gasteiger partial charge < -0.3 is 4.42 Å². The number of hydrogen-bond acceptors (Lipinski definition) is 5. The minimum atomic E-state index is -3.89. The summed E-state index contributed by atoms with van der Waals surface area (Å²) in [5.41, 5.74) is 1.21. The molecule has 1 unspecified atom stereocenters. The van der Waals surface area contributed by atoms with Gasteiger partial charge in [-0.15, -0.1) is 0 Å². The van der Waals surface area contributed by atoms with Crippen LogP contribution in [-0.4, -0.2) is 35.7 Å². The summed E-state index contributed by atoms with van der Waals surface area (Å²) in [6, 6.07) is 12.3. The second kappa shape index (κ2) is 6.47. The predicted molar refractivity (Wildman–Crippen MR) is 99.1 cm³/mol. The maximum atomic E-state index is 13.2. The van der Waals surface area contributed by atoms with Crippen molar-refractivity contribution in [3.8, 4) is 0 Å². The van der Waals surface area contributed by atoms with Gasteiger partial charge in [-0.25, -0.2) is 13.2 Å². The summed E-state index contributed by atoms with van der Waals surface area (Å²) in [5, 5.41) is 0. The quantitative estimate of drug-likeness (QED) is 0.641. The number of aromatic nitrogens is 1. The van der Waals surface area contributed by atoms with E-state index in [1.165, 1.54) is 27.1 Å². The van der Waals surface area contributed by atoms with E-state index in [0.717, 1.165) is 0 Å². The third kappa shape index (κ3) is 2.90. The smallest absolute Gasteiger partial charge is 0.408 e. The van der Waals surface area contributed by atoms with Crippen LogP contribution in [0.15, 0.2) is 62.6 Å². The molecule has 1 aliphatic heterocycles. The van der Waals surface area contributed by atoms with Crippen molar-refractivity contribution in [2.45, 2.75) is 23.8 Å². The van der Waals surface area contributed by atoms with Gasteiger partial charge in [0, 0.05) is 25.2 Å². The summed E-state index contributed by atoms with van der Waals surface area (Å²) in [6.07, 6.45) is 1.10.